The van der Waals surface area contributed by atoms with Crippen molar-refractivity contribution in [2.45, 2.75) is 25.8 Å². The number of thiocarbonyl (C=S) groups is 1. The summed E-state index contributed by atoms with van der Waals surface area (Å²) in [6.07, 6.45) is 0.0509. The Bertz CT molecular complexity index is 216. The number of carbonyl (C=O) groups excluding carboxylic acids is 1. The highest BCUT2D eigenvalue weighted by molar-refractivity contribution is 7.80. The highest BCUT2D eigenvalue weighted by Crippen LogP contribution is 2.11. The van der Waals surface area contributed by atoms with Crippen molar-refractivity contribution in [3.63, 3.8) is 0 Å². The van der Waals surface area contributed by atoms with Crippen molar-refractivity contribution in [3.05, 3.63) is 0 Å². The van der Waals surface area contributed by atoms with E-state index in [1.54, 1.807) is 20.9 Å². The molecule has 5 heteroatoms. The van der Waals surface area contributed by atoms with Gasteiger partial charge in [0.05, 0.1) is 23.6 Å². The van der Waals surface area contributed by atoms with Gasteiger partial charge < -0.3 is 15.7 Å². The van der Waals surface area contributed by atoms with Crippen molar-refractivity contribution in [2.75, 3.05) is 13.7 Å². The fourth-order valence-electron chi connectivity index (χ4n) is 0.711. The minimum Gasteiger partial charge on any atom is -0.394 e. The molecule has 0 fully saturated rings. The molecular formula is C8H16N2O2S. The normalized spacial score (nSPS) is 11.1. The molecule has 3 N–H and O–H groups in total. The summed E-state index contributed by atoms with van der Waals surface area (Å²) in [7, 11) is 1.62. The van der Waals surface area contributed by atoms with Crippen LogP contribution < -0.4 is 5.73 Å². The number of nitrogens with two attached hydrogens (primary N) is 1. The van der Waals surface area contributed by atoms with Crippen molar-refractivity contribution in [3.8, 4) is 0 Å². The standard InChI is InChI=1S/C8H16N2O2S/c1-8(2,5-11)10(3)7(12)4-6(9)13/h11H,4-5H2,1-3H3,(H2,9,13). The van der Waals surface area contributed by atoms with Crippen LogP contribution in [0.25, 0.3) is 0 Å². The molecule has 0 rings (SSSR count). The minimum absolute atomic E-state index is 0.0509. The molecule has 76 valence electrons. The number of nitrogens with zero attached hydrogens (tertiary/aromatic N) is 1. The molecule has 0 aromatic heterocycles. The fraction of sp³-hybridized carbons (Fsp3) is 0.750. The van der Waals surface area contributed by atoms with Crippen molar-refractivity contribution < 1.29 is 9.90 Å². The maximum atomic E-state index is 11.4. The first-order chi connectivity index (χ1) is 5.81. The highest BCUT2D eigenvalue weighted by Gasteiger charge is 2.26. The predicted octanol–water partition coefficient (Wildman–Crippen LogP) is -0.108. The fourth-order valence-corrected chi connectivity index (χ4v) is 0.835. The van der Waals surface area contributed by atoms with E-state index in [-0.39, 0.29) is 23.9 Å². The van der Waals surface area contributed by atoms with Crippen molar-refractivity contribution in [1.29, 1.82) is 0 Å². The Morgan fingerprint density at radius 3 is 2.38 bits per heavy atom. The lowest BCUT2D eigenvalue weighted by atomic mass is 10.0. The lowest BCUT2D eigenvalue weighted by Gasteiger charge is -2.33. The van der Waals surface area contributed by atoms with E-state index >= 15 is 0 Å². The molecule has 0 aliphatic rings. The Balaban J connectivity index is 4.33. The van der Waals surface area contributed by atoms with Crippen LogP contribution in [0.15, 0.2) is 0 Å². The van der Waals surface area contributed by atoms with Gasteiger partial charge in [0.25, 0.3) is 0 Å². The summed E-state index contributed by atoms with van der Waals surface area (Å²) in [5, 5.41) is 8.99. The number of amides is 1. The lowest BCUT2D eigenvalue weighted by Crippen LogP contribution is -2.48. The molecule has 0 unspecified atom stereocenters. The number of carbonyl (C=O) groups is 1. The van der Waals surface area contributed by atoms with Gasteiger partial charge in [-0.2, -0.15) is 0 Å². The summed E-state index contributed by atoms with van der Waals surface area (Å²) < 4.78 is 0. The number of aliphatic hydroxyl groups is 1. The summed E-state index contributed by atoms with van der Waals surface area (Å²) in [5.41, 5.74) is 4.67. The van der Waals surface area contributed by atoms with Gasteiger partial charge in [-0.1, -0.05) is 12.2 Å². The monoisotopic (exact) mass is 204 g/mol. The second-order valence-corrected chi connectivity index (χ2v) is 4.09. The van der Waals surface area contributed by atoms with Crippen LogP contribution in [0.4, 0.5) is 0 Å². The van der Waals surface area contributed by atoms with E-state index in [0.717, 1.165) is 0 Å². The second kappa shape index (κ2) is 4.53. The van der Waals surface area contributed by atoms with Crippen LogP contribution >= 0.6 is 12.2 Å². The highest BCUT2D eigenvalue weighted by atomic mass is 32.1. The molecule has 0 spiro atoms. The lowest BCUT2D eigenvalue weighted by molar-refractivity contribution is -0.134. The zero-order valence-corrected chi connectivity index (χ0v) is 9.02. The average Bonchev–Trinajstić information content (AvgIpc) is 2.01. The van der Waals surface area contributed by atoms with Gasteiger partial charge in [-0.05, 0) is 13.8 Å². The van der Waals surface area contributed by atoms with E-state index in [2.05, 4.69) is 12.2 Å². The zero-order chi connectivity index (χ0) is 10.6. The molecular weight excluding hydrogens is 188 g/mol. The van der Waals surface area contributed by atoms with Gasteiger partial charge in [0.1, 0.15) is 0 Å². The first kappa shape index (κ1) is 12.3. The first-order valence-corrected chi connectivity index (χ1v) is 4.38. The minimum atomic E-state index is -0.568. The van der Waals surface area contributed by atoms with Crippen LogP contribution in [-0.4, -0.2) is 40.1 Å². The van der Waals surface area contributed by atoms with Crippen molar-refractivity contribution in [2.24, 2.45) is 5.73 Å². The van der Waals surface area contributed by atoms with Crippen LogP contribution in [0, 0.1) is 0 Å². The molecule has 0 saturated carbocycles. The van der Waals surface area contributed by atoms with Gasteiger partial charge in [0.15, 0.2) is 0 Å². The SMILES string of the molecule is CN(C(=O)CC(N)=S)C(C)(C)CO. The quantitative estimate of drug-likeness (QED) is 0.627. The molecule has 0 aliphatic heterocycles. The van der Waals surface area contributed by atoms with E-state index in [9.17, 15) is 4.79 Å². The van der Waals surface area contributed by atoms with Gasteiger partial charge in [-0.3, -0.25) is 4.79 Å². The van der Waals surface area contributed by atoms with Crippen LogP contribution in [-0.2, 0) is 4.79 Å². The Labute approximate surface area is 83.7 Å². The van der Waals surface area contributed by atoms with Gasteiger partial charge >= 0.3 is 0 Å². The zero-order valence-electron chi connectivity index (χ0n) is 8.20. The molecule has 0 atom stereocenters. The van der Waals surface area contributed by atoms with Crippen molar-refractivity contribution >= 4 is 23.1 Å². The molecule has 1 amide bonds. The predicted molar refractivity (Wildman–Crippen MR) is 55.3 cm³/mol. The largest absolute Gasteiger partial charge is 0.394 e. The molecule has 0 heterocycles. The average molecular weight is 204 g/mol. The molecule has 0 aliphatic carbocycles. The van der Waals surface area contributed by atoms with E-state index in [0.29, 0.717) is 0 Å². The van der Waals surface area contributed by atoms with E-state index in [1.807, 2.05) is 0 Å². The molecule has 0 bridgehead atoms. The Morgan fingerprint density at radius 1 is 1.62 bits per heavy atom. The molecule has 13 heavy (non-hydrogen) atoms. The van der Waals surface area contributed by atoms with E-state index in [4.69, 9.17) is 10.8 Å². The first-order valence-electron chi connectivity index (χ1n) is 3.97. The number of likely N-dealkylation sites (N-methyl/N-ethyl adjacent to an activating group) is 1. The third-order valence-electron chi connectivity index (χ3n) is 1.99. The summed E-state index contributed by atoms with van der Waals surface area (Å²) in [4.78, 5) is 13.0. The van der Waals surface area contributed by atoms with Gasteiger partial charge in [-0.25, -0.2) is 0 Å². The topological polar surface area (TPSA) is 66.6 Å². The maximum Gasteiger partial charge on any atom is 0.229 e. The molecule has 0 saturated heterocycles. The summed E-state index contributed by atoms with van der Waals surface area (Å²) in [6.45, 7) is 3.45. The van der Waals surface area contributed by atoms with Crippen LogP contribution in [0.1, 0.15) is 20.3 Å². The summed E-state index contributed by atoms with van der Waals surface area (Å²) in [5.74, 6) is -0.174. The summed E-state index contributed by atoms with van der Waals surface area (Å²) in [6, 6.07) is 0. The molecule has 0 aromatic rings. The number of hydrogen-bond donors (Lipinski definition) is 2. The van der Waals surface area contributed by atoms with Crippen molar-refractivity contribution in [1.82, 2.24) is 4.90 Å². The Hall–Kier alpha value is -0.680. The van der Waals surface area contributed by atoms with E-state index in [1.165, 1.54) is 4.90 Å². The molecule has 0 aromatic carbocycles. The van der Waals surface area contributed by atoms with Gasteiger partial charge in [-0.15, -0.1) is 0 Å². The van der Waals surface area contributed by atoms with E-state index < -0.39 is 5.54 Å². The Kier molecular flexibility index (Phi) is 4.29. The van der Waals surface area contributed by atoms with Crippen LogP contribution in [0.3, 0.4) is 0 Å². The van der Waals surface area contributed by atoms with Crippen LogP contribution in [0.5, 0.6) is 0 Å². The summed E-state index contributed by atoms with van der Waals surface area (Å²) >= 11 is 4.62. The number of hydrogen-bond acceptors (Lipinski definition) is 3. The number of aliphatic hydroxyl groups excluding tert-OH is 1. The molecule has 4 nitrogen and oxygen atoms in total. The van der Waals surface area contributed by atoms with Gasteiger partial charge in [0, 0.05) is 7.05 Å². The third-order valence-corrected chi connectivity index (χ3v) is 2.14. The van der Waals surface area contributed by atoms with Gasteiger partial charge in [0.2, 0.25) is 5.91 Å². The van der Waals surface area contributed by atoms with Crippen LogP contribution in [0.2, 0.25) is 0 Å². The Morgan fingerprint density at radius 2 is 2.08 bits per heavy atom. The molecule has 0 radical (unpaired) electrons. The smallest absolute Gasteiger partial charge is 0.229 e. The number of rotatable bonds is 4. The maximum absolute atomic E-state index is 11.4. The third kappa shape index (κ3) is 3.69. The second-order valence-electron chi connectivity index (χ2n) is 3.57.